The summed E-state index contributed by atoms with van der Waals surface area (Å²) in [5.74, 6) is 1.53. The molecule has 0 aliphatic heterocycles. The van der Waals surface area contributed by atoms with E-state index in [9.17, 15) is 0 Å². The molecule has 0 bridgehead atoms. The molecular weight excluding hydrogens is 212 g/mol. The lowest BCUT2D eigenvalue weighted by Gasteiger charge is -2.17. The molecule has 0 saturated heterocycles. The zero-order chi connectivity index (χ0) is 12.7. The van der Waals surface area contributed by atoms with Gasteiger partial charge >= 0.3 is 0 Å². The summed E-state index contributed by atoms with van der Waals surface area (Å²) < 4.78 is 5.55. The summed E-state index contributed by atoms with van der Waals surface area (Å²) in [4.78, 5) is 0. The molecule has 3 N–H and O–H groups in total. The van der Waals surface area contributed by atoms with Gasteiger partial charge in [-0.1, -0.05) is 26.0 Å². The smallest absolute Gasteiger partial charge is 0.142 e. The van der Waals surface area contributed by atoms with Crippen LogP contribution < -0.4 is 15.8 Å². The van der Waals surface area contributed by atoms with Crippen LogP contribution in [0, 0.1) is 5.92 Å². The molecule has 0 radical (unpaired) electrons. The molecule has 1 atom stereocenters. The number of nitrogens with two attached hydrogens (primary N) is 1. The maximum Gasteiger partial charge on any atom is 0.142 e. The Morgan fingerprint density at radius 1 is 1.29 bits per heavy atom. The maximum absolute atomic E-state index is 6.04. The van der Waals surface area contributed by atoms with E-state index in [0.717, 1.165) is 24.4 Å². The first kappa shape index (κ1) is 13.8. The van der Waals surface area contributed by atoms with E-state index < -0.39 is 0 Å². The van der Waals surface area contributed by atoms with Crippen LogP contribution in [0.1, 0.15) is 27.2 Å². The minimum absolute atomic E-state index is 0.185. The summed E-state index contributed by atoms with van der Waals surface area (Å²) in [7, 11) is 0. The van der Waals surface area contributed by atoms with E-state index in [0.29, 0.717) is 12.5 Å². The predicted octanol–water partition coefficient (Wildman–Crippen LogP) is 2.87. The second-order valence-electron chi connectivity index (χ2n) is 4.70. The van der Waals surface area contributed by atoms with Crippen molar-refractivity contribution >= 4 is 5.69 Å². The van der Waals surface area contributed by atoms with Crippen molar-refractivity contribution in [3.63, 3.8) is 0 Å². The highest BCUT2D eigenvalue weighted by Crippen LogP contribution is 2.23. The van der Waals surface area contributed by atoms with Gasteiger partial charge in [-0.25, -0.2) is 0 Å². The lowest BCUT2D eigenvalue weighted by molar-refractivity contribution is 0.341. The monoisotopic (exact) mass is 236 g/mol. The Hall–Kier alpha value is -1.22. The van der Waals surface area contributed by atoms with Gasteiger partial charge in [0.15, 0.2) is 0 Å². The third-order valence-corrected chi connectivity index (χ3v) is 2.52. The molecule has 0 fully saturated rings. The van der Waals surface area contributed by atoms with Crippen molar-refractivity contribution in [3.05, 3.63) is 24.3 Å². The molecule has 0 saturated carbocycles. The number of para-hydroxylation sites is 2. The van der Waals surface area contributed by atoms with E-state index in [2.05, 4.69) is 19.2 Å². The quantitative estimate of drug-likeness (QED) is 0.765. The summed E-state index contributed by atoms with van der Waals surface area (Å²) in [5.41, 5.74) is 7.06. The maximum atomic E-state index is 6.04. The fourth-order valence-electron chi connectivity index (χ4n) is 1.82. The third-order valence-electron chi connectivity index (χ3n) is 2.52. The van der Waals surface area contributed by atoms with Crippen molar-refractivity contribution in [1.82, 2.24) is 0 Å². The topological polar surface area (TPSA) is 47.3 Å². The summed E-state index contributed by atoms with van der Waals surface area (Å²) in [6, 6.07) is 8.15. The minimum Gasteiger partial charge on any atom is -0.492 e. The number of hydrogen-bond acceptors (Lipinski definition) is 3. The highest BCUT2D eigenvalue weighted by atomic mass is 16.5. The van der Waals surface area contributed by atoms with Gasteiger partial charge in [0.05, 0.1) is 12.3 Å². The van der Waals surface area contributed by atoms with Crippen LogP contribution >= 0.6 is 0 Å². The molecule has 0 aliphatic rings. The molecule has 0 amide bonds. The number of anilines is 1. The van der Waals surface area contributed by atoms with Crippen LogP contribution in [0.25, 0.3) is 0 Å². The molecule has 1 rings (SSSR count). The van der Waals surface area contributed by atoms with Crippen LogP contribution in [0.5, 0.6) is 5.75 Å². The Balaban J connectivity index is 2.50. The number of benzene rings is 1. The largest absolute Gasteiger partial charge is 0.492 e. The molecule has 0 heterocycles. The highest BCUT2D eigenvalue weighted by molar-refractivity contribution is 5.56. The van der Waals surface area contributed by atoms with Crippen LogP contribution in [-0.2, 0) is 0 Å². The van der Waals surface area contributed by atoms with Crippen LogP contribution in [0.3, 0.4) is 0 Å². The van der Waals surface area contributed by atoms with E-state index in [-0.39, 0.29) is 6.04 Å². The number of hydrogen-bond donors (Lipinski definition) is 2. The molecule has 3 nitrogen and oxygen atoms in total. The van der Waals surface area contributed by atoms with Gasteiger partial charge in [0, 0.05) is 12.6 Å². The molecule has 1 aromatic carbocycles. The Labute approximate surface area is 104 Å². The molecule has 0 aliphatic carbocycles. The van der Waals surface area contributed by atoms with Gasteiger partial charge in [0.1, 0.15) is 5.75 Å². The molecular formula is C14H24N2O. The Morgan fingerprint density at radius 2 is 2.00 bits per heavy atom. The Bertz CT molecular complexity index is 326. The van der Waals surface area contributed by atoms with E-state index in [4.69, 9.17) is 10.5 Å². The van der Waals surface area contributed by atoms with Crippen LogP contribution in [0.2, 0.25) is 0 Å². The van der Waals surface area contributed by atoms with Gasteiger partial charge in [-0.2, -0.15) is 0 Å². The normalized spacial score (nSPS) is 12.5. The lowest BCUT2D eigenvalue weighted by Crippen LogP contribution is -2.30. The first-order valence-corrected chi connectivity index (χ1v) is 6.34. The van der Waals surface area contributed by atoms with Crippen molar-refractivity contribution in [3.8, 4) is 5.75 Å². The average Bonchev–Trinajstić information content (AvgIpc) is 2.27. The van der Waals surface area contributed by atoms with Crippen LogP contribution in [0.15, 0.2) is 24.3 Å². The fourth-order valence-corrected chi connectivity index (χ4v) is 1.82. The summed E-state index contributed by atoms with van der Waals surface area (Å²) in [5, 5.41) is 3.35. The first-order valence-electron chi connectivity index (χ1n) is 6.34. The van der Waals surface area contributed by atoms with Gasteiger partial charge < -0.3 is 15.8 Å². The van der Waals surface area contributed by atoms with Crippen molar-refractivity contribution in [1.29, 1.82) is 0 Å². The number of ether oxygens (including phenoxy) is 1. The van der Waals surface area contributed by atoms with Gasteiger partial charge in [0.2, 0.25) is 0 Å². The number of rotatable bonds is 7. The zero-order valence-corrected chi connectivity index (χ0v) is 11.1. The fraction of sp³-hybridized carbons (Fsp3) is 0.571. The standard InChI is InChI=1S/C14H24N2O/c1-4-17-14-8-6-5-7-13(14)16-10-12(15)9-11(2)3/h5-8,11-12,16H,4,9-10,15H2,1-3H3. The van der Waals surface area contributed by atoms with Gasteiger partial charge in [-0.05, 0) is 31.4 Å². The lowest BCUT2D eigenvalue weighted by atomic mass is 10.0. The average molecular weight is 236 g/mol. The summed E-state index contributed by atoms with van der Waals surface area (Å²) >= 11 is 0. The first-order chi connectivity index (χ1) is 8.13. The highest BCUT2D eigenvalue weighted by Gasteiger charge is 2.07. The molecule has 1 unspecified atom stereocenters. The Morgan fingerprint density at radius 3 is 2.65 bits per heavy atom. The van der Waals surface area contributed by atoms with E-state index in [1.807, 2.05) is 31.2 Å². The van der Waals surface area contributed by atoms with E-state index in [1.165, 1.54) is 0 Å². The van der Waals surface area contributed by atoms with Crippen LogP contribution in [0.4, 0.5) is 5.69 Å². The molecule has 17 heavy (non-hydrogen) atoms. The van der Waals surface area contributed by atoms with Gasteiger partial charge in [0.25, 0.3) is 0 Å². The molecule has 0 spiro atoms. The summed E-state index contributed by atoms with van der Waals surface area (Å²) in [6.07, 6.45) is 1.03. The SMILES string of the molecule is CCOc1ccccc1NCC(N)CC(C)C. The second kappa shape index (κ2) is 7.17. The number of nitrogens with one attached hydrogen (secondary N) is 1. The van der Waals surface area contributed by atoms with E-state index in [1.54, 1.807) is 0 Å². The predicted molar refractivity (Wildman–Crippen MR) is 73.5 cm³/mol. The molecule has 96 valence electrons. The van der Waals surface area contributed by atoms with E-state index >= 15 is 0 Å². The van der Waals surface area contributed by atoms with Crippen molar-refractivity contribution in [2.24, 2.45) is 11.7 Å². The molecule has 1 aromatic rings. The van der Waals surface area contributed by atoms with Gasteiger partial charge in [-0.15, -0.1) is 0 Å². The van der Waals surface area contributed by atoms with Crippen molar-refractivity contribution in [2.45, 2.75) is 33.2 Å². The van der Waals surface area contributed by atoms with Crippen LogP contribution in [-0.4, -0.2) is 19.2 Å². The third kappa shape index (κ3) is 5.09. The van der Waals surface area contributed by atoms with Crippen molar-refractivity contribution in [2.75, 3.05) is 18.5 Å². The molecule has 0 aromatic heterocycles. The van der Waals surface area contributed by atoms with Crippen molar-refractivity contribution < 1.29 is 4.74 Å². The second-order valence-corrected chi connectivity index (χ2v) is 4.70. The Kier molecular flexibility index (Phi) is 5.84. The molecule has 3 heteroatoms. The minimum atomic E-state index is 0.185. The zero-order valence-electron chi connectivity index (χ0n) is 11.1. The summed E-state index contributed by atoms with van der Waals surface area (Å²) in [6.45, 7) is 7.82. The van der Waals surface area contributed by atoms with Gasteiger partial charge in [-0.3, -0.25) is 0 Å².